The Balaban J connectivity index is 1.52. The fourth-order valence-corrected chi connectivity index (χ4v) is 4.34. The Morgan fingerprint density at radius 2 is 1.63 bits per heavy atom. The number of esters is 1. The number of amides is 1. The van der Waals surface area contributed by atoms with Crippen LogP contribution in [0.3, 0.4) is 0 Å². The van der Waals surface area contributed by atoms with Gasteiger partial charge in [0.2, 0.25) is 10.0 Å². The second-order valence-corrected chi connectivity index (χ2v) is 9.52. The molecule has 1 amide bonds. The van der Waals surface area contributed by atoms with E-state index in [1.54, 1.807) is 38.1 Å². The van der Waals surface area contributed by atoms with E-state index in [1.807, 2.05) is 30.3 Å². The number of hydrogen-bond donors (Lipinski definition) is 2. The van der Waals surface area contributed by atoms with Gasteiger partial charge in [-0.1, -0.05) is 42.5 Å². The molecule has 35 heavy (non-hydrogen) atoms. The molecule has 8 nitrogen and oxygen atoms in total. The van der Waals surface area contributed by atoms with Crippen molar-refractivity contribution >= 4 is 27.6 Å². The third kappa shape index (κ3) is 7.94. The highest BCUT2D eigenvalue weighted by atomic mass is 32.2. The third-order valence-corrected chi connectivity index (χ3v) is 6.41. The molecule has 0 fully saturated rings. The number of carbonyl (C=O) groups is 2. The lowest BCUT2D eigenvalue weighted by Crippen LogP contribution is -2.23. The molecule has 0 saturated carbocycles. The lowest BCUT2D eigenvalue weighted by molar-refractivity contribution is -0.142. The van der Waals surface area contributed by atoms with E-state index in [0.29, 0.717) is 23.6 Å². The minimum absolute atomic E-state index is 0.116. The van der Waals surface area contributed by atoms with Gasteiger partial charge < -0.3 is 14.8 Å². The molecule has 0 bridgehead atoms. The van der Waals surface area contributed by atoms with Crippen molar-refractivity contribution in [1.29, 1.82) is 0 Å². The molecule has 3 aromatic rings. The molecule has 0 atom stereocenters. The Labute approximate surface area is 205 Å². The van der Waals surface area contributed by atoms with Crippen LogP contribution in [-0.4, -0.2) is 33.5 Å². The molecule has 0 heterocycles. The van der Waals surface area contributed by atoms with Gasteiger partial charge >= 0.3 is 5.97 Å². The zero-order chi connectivity index (χ0) is 25.3. The number of ether oxygens (including phenoxy) is 2. The predicted molar refractivity (Wildman–Crippen MR) is 133 cm³/mol. The average Bonchev–Trinajstić information content (AvgIpc) is 2.84. The number of carbonyl (C=O) groups excluding carboxylic acids is 2. The monoisotopic (exact) mass is 496 g/mol. The number of aryl methyl sites for hydroxylation is 1. The molecule has 0 aromatic heterocycles. The first-order valence-corrected chi connectivity index (χ1v) is 12.6. The first kappa shape index (κ1) is 25.9. The SMILES string of the molecule is CCOC(=O)Cc1ccc(NC(=O)COc2ccc(S(=O)(=O)NCc3ccccc3)cc2C)cc1. The summed E-state index contributed by atoms with van der Waals surface area (Å²) in [5.74, 6) is -0.269. The molecule has 0 unspecified atom stereocenters. The Kier molecular flexibility index (Phi) is 8.99. The number of anilines is 1. The number of benzene rings is 3. The summed E-state index contributed by atoms with van der Waals surface area (Å²) in [6.07, 6.45) is 0.165. The zero-order valence-corrected chi connectivity index (χ0v) is 20.4. The highest BCUT2D eigenvalue weighted by molar-refractivity contribution is 7.89. The van der Waals surface area contributed by atoms with Crippen LogP contribution in [-0.2, 0) is 37.3 Å². The van der Waals surface area contributed by atoms with Gasteiger partial charge in [0, 0.05) is 12.2 Å². The molecular formula is C26H28N2O6S. The maximum Gasteiger partial charge on any atom is 0.310 e. The van der Waals surface area contributed by atoms with Crippen molar-refractivity contribution in [3.8, 4) is 5.75 Å². The summed E-state index contributed by atoms with van der Waals surface area (Å²) in [6, 6.07) is 20.6. The summed E-state index contributed by atoms with van der Waals surface area (Å²) in [6.45, 7) is 3.73. The highest BCUT2D eigenvalue weighted by Crippen LogP contribution is 2.22. The Bertz CT molecular complexity index is 1260. The second-order valence-electron chi connectivity index (χ2n) is 7.75. The Hall–Kier alpha value is -3.69. The molecule has 0 aliphatic carbocycles. The number of hydrogen-bond acceptors (Lipinski definition) is 6. The van der Waals surface area contributed by atoms with Gasteiger partial charge in [-0.05, 0) is 60.9 Å². The van der Waals surface area contributed by atoms with Crippen molar-refractivity contribution in [3.63, 3.8) is 0 Å². The fraction of sp³-hybridized carbons (Fsp3) is 0.231. The van der Waals surface area contributed by atoms with Crippen LogP contribution in [0.15, 0.2) is 77.7 Å². The molecule has 3 rings (SSSR count). The maximum atomic E-state index is 12.6. The van der Waals surface area contributed by atoms with Gasteiger partial charge in [-0.15, -0.1) is 0 Å². The highest BCUT2D eigenvalue weighted by Gasteiger charge is 2.16. The number of rotatable bonds is 11. The minimum atomic E-state index is -3.70. The van der Waals surface area contributed by atoms with Crippen molar-refractivity contribution in [2.24, 2.45) is 0 Å². The van der Waals surface area contributed by atoms with Crippen LogP contribution in [0.5, 0.6) is 5.75 Å². The van der Waals surface area contributed by atoms with Crippen molar-refractivity contribution in [1.82, 2.24) is 4.72 Å². The molecule has 0 saturated heterocycles. The van der Waals surface area contributed by atoms with Crippen LogP contribution in [0.1, 0.15) is 23.6 Å². The van der Waals surface area contributed by atoms with Crippen LogP contribution in [0.2, 0.25) is 0 Å². The summed E-state index contributed by atoms with van der Waals surface area (Å²) < 4.78 is 38.3. The van der Waals surface area contributed by atoms with E-state index in [0.717, 1.165) is 11.1 Å². The summed E-state index contributed by atoms with van der Waals surface area (Å²) in [5.41, 5.74) is 2.78. The summed E-state index contributed by atoms with van der Waals surface area (Å²) >= 11 is 0. The van der Waals surface area contributed by atoms with E-state index in [2.05, 4.69) is 10.0 Å². The number of nitrogens with one attached hydrogen (secondary N) is 2. The van der Waals surface area contributed by atoms with Gasteiger partial charge in [-0.2, -0.15) is 0 Å². The van der Waals surface area contributed by atoms with Crippen molar-refractivity contribution in [3.05, 3.63) is 89.5 Å². The summed E-state index contributed by atoms with van der Waals surface area (Å²) in [4.78, 5) is 23.9. The topological polar surface area (TPSA) is 111 Å². The van der Waals surface area contributed by atoms with Crippen LogP contribution in [0, 0.1) is 6.92 Å². The average molecular weight is 497 g/mol. The van der Waals surface area contributed by atoms with Crippen molar-refractivity contribution < 1.29 is 27.5 Å². The van der Waals surface area contributed by atoms with Crippen LogP contribution in [0.25, 0.3) is 0 Å². The van der Waals surface area contributed by atoms with E-state index in [-0.39, 0.29) is 36.3 Å². The van der Waals surface area contributed by atoms with Gasteiger partial charge in [0.1, 0.15) is 5.75 Å². The Morgan fingerprint density at radius 1 is 0.914 bits per heavy atom. The van der Waals surface area contributed by atoms with E-state index in [4.69, 9.17) is 9.47 Å². The lowest BCUT2D eigenvalue weighted by Gasteiger charge is -2.12. The second kappa shape index (κ2) is 12.1. The van der Waals surface area contributed by atoms with Crippen LogP contribution < -0.4 is 14.8 Å². The van der Waals surface area contributed by atoms with E-state index in [1.165, 1.54) is 18.2 Å². The Morgan fingerprint density at radius 3 is 2.29 bits per heavy atom. The van der Waals surface area contributed by atoms with Crippen molar-refractivity contribution in [2.45, 2.75) is 31.7 Å². The summed E-state index contributed by atoms with van der Waals surface area (Å²) in [7, 11) is -3.70. The third-order valence-electron chi connectivity index (χ3n) is 5.02. The quantitative estimate of drug-likeness (QED) is 0.393. The minimum Gasteiger partial charge on any atom is -0.483 e. The molecule has 0 spiro atoms. The van der Waals surface area contributed by atoms with Gasteiger partial charge in [0.15, 0.2) is 6.61 Å². The fourth-order valence-electron chi connectivity index (χ4n) is 3.23. The van der Waals surface area contributed by atoms with E-state index >= 15 is 0 Å². The first-order valence-electron chi connectivity index (χ1n) is 11.1. The molecule has 9 heteroatoms. The van der Waals surface area contributed by atoms with E-state index in [9.17, 15) is 18.0 Å². The van der Waals surface area contributed by atoms with Crippen LogP contribution in [0.4, 0.5) is 5.69 Å². The van der Waals surface area contributed by atoms with Crippen LogP contribution >= 0.6 is 0 Å². The molecule has 3 aromatic carbocycles. The zero-order valence-electron chi connectivity index (χ0n) is 19.6. The largest absolute Gasteiger partial charge is 0.483 e. The molecule has 2 N–H and O–H groups in total. The van der Waals surface area contributed by atoms with Gasteiger partial charge in [0.05, 0.1) is 17.9 Å². The van der Waals surface area contributed by atoms with Gasteiger partial charge in [-0.3, -0.25) is 9.59 Å². The summed E-state index contributed by atoms with van der Waals surface area (Å²) in [5, 5.41) is 2.72. The molecule has 0 aliphatic heterocycles. The predicted octanol–water partition coefficient (Wildman–Crippen LogP) is 3.60. The van der Waals surface area contributed by atoms with E-state index < -0.39 is 10.0 Å². The van der Waals surface area contributed by atoms with Gasteiger partial charge in [-0.25, -0.2) is 13.1 Å². The number of sulfonamides is 1. The lowest BCUT2D eigenvalue weighted by atomic mass is 10.1. The first-order chi connectivity index (χ1) is 16.8. The van der Waals surface area contributed by atoms with Gasteiger partial charge in [0.25, 0.3) is 5.91 Å². The van der Waals surface area contributed by atoms with Crippen molar-refractivity contribution in [2.75, 3.05) is 18.5 Å². The standard InChI is InChI=1S/C26H28N2O6S/c1-3-33-26(30)16-20-9-11-22(12-10-20)28-25(29)18-34-24-14-13-23(15-19(24)2)35(31,32)27-17-21-7-5-4-6-8-21/h4-15,27H,3,16-18H2,1-2H3,(H,28,29). The molecule has 0 radical (unpaired) electrons. The maximum absolute atomic E-state index is 12.6. The molecular weight excluding hydrogens is 468 g/mol. The normalized spacial score (nSPS) is 11.0. The smallest absolute Gasteiger partial charge is 0.310 e. The molecule has 184 valence electrons. The molecule has 0 aliphatic rings.